The Kier molecular flexibility index (Phi) is 4.61. The zero-order valence-corrected chi connectivity index (χ0v) is 21.1. The molecule has 4 aromatic carbocycles. The Morgan fingerprint density at radius 1 is 0.758 bits per heavy atom. The zero-order chi connectivity index (χ0) is 23.0. The molecule has 0 radical (unpaired) electrons. The van der Waals surface area contributed by atoms with Gasteiger partial charge in [0.15, 0.2) is 6.20 Å². The van der Waals surface area contributed by atoms with Crippen LogP contribution in [0.2, 0.25) is 0 Å². The van der Waals surface area contributed by atoms with E-state index in [1.54, 1.807) is 0 Å². The fourth-order valence-electron chi connectivity index (χ4n) is 5.87. The van der Waals surface area contributed by atoms with E-state index in [0.29, 0.717) is 11.8 Å². The Morgan fingerprint density at radius 2 is 1.48 bits per heavy atom. The highest BCUT2D eigenvalue weighted by atomic mass is 32.2. The largest absolute Gasteiger partial charge is 0.222 e. The average molecular weight is 449 g/mol. The van der Waals surface area contributed by atoms with Crippen molar-refractivity contribution >= 4 is 44.1 Å². The molecule has 0 atom stereocenters. The van der Waals surface area contributed by atoms with Gasteiger partial charge in [0.2, 0.25) is 5.69 Å². The molecule has 0 fully saturated rings. The summed E-state index contributed by atoms with van der Waals surface area (Å²) in [5.74, 6) is 0.949. The van der Waals surface area contributed by atoms with Crippen LogP contribution in [0.4, 0.5) is 0 Å². The maximum atomic E-state index is 2.47. The Hall–Kier alpha value is -2.84. The third-order valence-corrected chi connectivity index (χ3v) is 8.56. The Morgan fingerprint density at radius 3 is 2.21 bits per heavy atom. The molecule has 0 aliphatic carbocycles. The molecule has 2 heteroatoms. The van der Waals surface area contributed by atoms with E-state index in [9.17, 15) is 0 Å². The molecule has 0 bridgehead atoms. The van der Waals surface area contributed by atoms with Crippen molar-refractivity contribution in [1.29, 1.82) is 0 Å². The summed E-state index contributed by atoms with van der Waals surface area (Å²) in [5.41, 5.74) is 7.09. The minimum absolute atomic E-state index is 0.453. The van der Waals surface area contributed by atoms with Gasteiger partial charge in [-0.05, 0) is 63.1 Å². The summed E-state index contributed by atoms with van der Waals surface area (Å²) >= 11 is 1.99. The monoisotopic (exact) mass is 448 g/mol. The van der Waals surface area contributed by atoms with Crippen molar-refractivity contribution in [2.24, 2.45) is 7.05 Å². The zero-order valence-electron chi connectivity index (χ0n) is 20.3. The van der Waals surface area contributed by atoms with E-state index in [-0.39, 0.29) is 0 Å². The molecule has 6 rings (SSSR count). The van der Waals surface area contributed by atoms with Gasteiger partial charge in [0.25, 0.3) is 0 Å². The molecule has 0 spiro atoms. The number of rotatable bonds is 2. The first kappa shape index (κ1) is 20.7. The normalized spacial score (nSPS) is 13.0. The minimum Gasteiger partial charge on any atom is -0.200 e. The molecule has 1 aliphatic heterocycles. The molecule has 0 saturated heterocycles. The van der Waals surface area contributed by atoms with Gasteiger partial charge in [-0.2, -0.15) is 0 Å². The molecular formula is C31H30NS+. The predicted octanol–water partition coefficient (Wildman–Crippen LogP) is 8.66. The molecular weight excluding hydrogens is 418 g/mol. The van der Waals surface area contributed by atoms with Crippen LogP contribution in [-0.2, 0) is 7.05 Å². The van der Waals surface area contributed by atoms with E-state index in [1.165, 1.54) is 70.1 Å². The molecule has 1 aromatic heterocycles. The van der Waals surface area contributed by atoms with Gasteiger partial charge in [-0.15, -0.1) is 0 Å². The Bertz CT molecular complexity index is 1610. The highest BCUT2D eigenvalue weighted by Gasteiger charge is 2.33. The molecule has 2 heterocycles. The molecule has 0 amide bonds. The smallest absolute Gasteiger partial charge is 0.200 e. The average Bonchev–Trinajstić information content (AvgIpc) is 2.79. The van der Waals surface area contributed by atoms with Gasteiger partial charge in [-0.25, -0.2) is 4.57 Å². The van der Waals surface area contributed by atoms with Crippen molar-refractivity contribution in [2.45, 2.75) is 56.2 Å². The van der Waals surface area contributed by atoms with E-state index >= 15 is 0 Å². The lowest BCUT2D eigenvalue weighted by Crippen LogP contribution is -2.32. The number of nitrogens with zero attached hydrogens (tertiary/aromatic N) is 1. The Balaban J connectivity index is 1.85. The van der Waals surface area contributed by atoms with Gasteiger partial charge in [0, 0.05) is 21.2 Å². The number of benzene rings is 4. The lowest BCUT2D eigenvalue weighted by Gasteiger charge is -2.26. The second kappa shape index (κ2) is 7.33. The molecule has 0 saturated carbocycles. The number of fused-ring (bicyclic) bond motifs is 5. The van der Waals surface area contributed by atoms with Crippen LogP contribution in [0.5, 0.6) is 0 Å². The SMILES string of the molecule is Cc1c2c(c(C(C)C)c3ccccc13)Sc1cc3c(C(C)C)cccc3c3cc[n+](C)c-2c13. The highest BCUT2D eigenvalue weighted by Crippen LogP contribution is 2.54. The fourth-order valence-corrected chi connectivity index (χ4v) is 7.38. The quantitative estimate of drug-likeness (QED) is 0.189. The van der Waals surface area contributed by atoms with E-state index < -0.39 is 0 Å². The highest BCUT2D eigenvalue weighted by molar-refractivity contribution is 8.00. The van der Waals surface area contributed by atoms with Crippen LogP contribution >= 0.6 is 11.8 Å². The van der Waals surface area contributed by atoms with Gasteiger partial charge < -0.3 is 0 Å². The molecule has 0 N–H and O–H groups in total. The number of aryl methyl sites for hydroxylation is 2. The third kappa shape index (κ3) is 2.83. The molecule has 1 aliphatic rings. The summed E-state index contributed by atoms with van der Waals surface area (Å²) in [6.45, 7) is 11.6. The van der Waals surface area contributed by atoms with Crippen LogP contribution in [0.15, 0.2) is 70.6 Å². The number of pyridine rings is 1. The first-order valence-electron chi connectivity index (χ1n) is 12.0. The first-order valence-corrected chi connectivity index (χ1v) is 12.8. The van der Waals surface area contributed by atoms with Crippen molar-refractivity contribution in [3.8, 4) is 11.3 Å². The summed E-state index contributed by atoms with van der Waals surface area (Å²) in [5, 5.41) is 8.32. The van der Waals surface area contributed by atoms with Gasteiger partial charge in [0.1, 0.15) is 7.05 Å². The molecule has 0 unspecified atom stereocenters. The van der Waals surface area contributed by atoms with E-state index in [0.717, 1.165) is 0 Å². The second-order valence-corrected chi connectivity index (χ2v) is 11.1. The lowest BCUT2D eigenvalue weighted by atomic mass is 9.86. The van der Waals surface area contributed by atoms with Crippen LogP contribution < -0.4 is 4.57 Å². The van der Waals surface area contributed by atoms with Crippen LogP contribution in [0.1, 0.15) is 56.2 Å². The van der Waals surface area contributed by atoms with Crippen molar-refractivity contribution in [3.05, 3.63) is 77.5 Å². The third-order valence-electron chi connectivity index (χ3n) is 7.39. The summed E-state index contributed by atoms with van der Waals surface area (Å²) < 4.78 is 2.34. The van der Waals surface area contributed by atoms with Crippen molar-refractivity contribution in [1.82, 2.24) is 0 Å². The van der Waals surface area contributed by atoms with Crippen LogP contribution in [0, 0.1) is 6.92 Å². The maximum absolute atomic E-state index is 2.47. The predicted molar refractivity (Wildman–Crippen MR) is 143 cm³/mol. The fraction of sp³-hybridized carbons (Fsp3) is 0.258. The standard InChI is InChI=1S/C31H30NS/c1-17(2)20-12-9-13-22-24-14-15-32(6)30-28-19(5)21-10-7-8-11-23(21)27(18(3)4)31(28)33-26(29(24)30)16-25(20)22/h7-18H,1-6H3/q+1. The molecule has 164 valence electrons. The van der Waals surface area contributed by atoms with Crippen LogP contribution in [-0.4, -0.2) is 0 Å². The van der Waals surface area contributed by atoms with E-state index in [2.05, 4.69) is 107 Å². The topological polar surface area (TPSA) is 3.88 Å². The number of hydrogen-bond acceptors (Lipinski definition) is 1. The van der Waals surface area contributed by atoms with Gasteiger partial charge >= 0.3 is 0 Å². The van der Waals surface area contributed by atoms with E-state index in [1.807, 2.05) is 11.8 Å². The number of hydrogen-bond donors (Lipinski definition) is 0. The van der Waals surface area contributed by atoms with Crippen LogP contribution in [0.25, 0.3) is 43.6 Å². The van der Waals surface area contributed by atoms with Gasteiger partial charge in [-0.1, -0.05) is 81.9 Å². The van der Waals surface area contributed by atoms with Crippen molar-refractivity contribution < 1.29 is 4.57 Å². The summed E-state index contributed by atoms with van der Waals surface area (Å²) in [6, 6.07) is 20.6. The summed E-state index contributed by atoms with van der Waals surface area (Å²) in [4.78, 5) is 2.83. The molecule has 5 aromatic rings. The van der Waals surface area contributed by atoms with Gasteiger partial charge in [-0.3, -0.25) is 0 Å². The van der Waals surface area contributed by atoms with Crippen molar-refractivity contribution in [2.75, 3.05) is 0 Å². The van der Waals surface area contributed by atoms with Gasteiger partial charge in [0.05, 0.1) is 10.9 Å². The maximum Gasteiger partial charge on any atom is 0.222 e. The molecule has 1 nitrogen and oxygen atoms in total. The first-order chi connectivity index (χ1) is 15.9. The Labute approximate surface area is 200 Å². The summed E-state index contributed by atoms with van der Waals surface area (Å²) in [7, 11) is 2.21. The van der Waals surface area contributed by atoms with Crippen molar-refractivity contribution in [3.63, 3.8) is 0 Å². The van der Waals surface area contributed by atoms with Crippen LogP contribution in [0.3, 0.4) is 0 Å². The summed E-state index contributed by atoms with van der Waals surface area (Å²) in [6.07, 6.45) is 2.26. The molecule has 33 heavy (non-hydrogen) atoms. The number of aromatic nitrogens is 1. The second-order valence-electron chi connectivity index (χ2n) is 10.1. The minimum atomic E-state index is 0.453. The lowest BCUT2D eigenvalue weighted by molar-refractivity contribution is -0.659. The van der Waals surface area contributed by atoms with E-state index in [4.69, 9.17) is 0 Å².